The molecule has 4 heterocycles. The van der Waals surface area contributed by atoms with Crippen molar-refractivity contribution in [1.82, 2.24) is 15.1 Å². The van der Waals surface area contributed by atoms with Gasteiger partial charge >= 0.3 is 0 Å². The number of amidine groups is 1. The zero-order valence-corrected chi connectivity index (χ0v) is 15.6. The predicted molar refractivity (Wildman–Crippen MR) is 101 cm³/mol. The first-order chi connectivity index (χ1) is 12.6. The van der Waals surface area contributed by atoms with E-state index in [0.717, 1.165) is 43.4 Å². The van der Waals surface area contributed by atoms with Gasteiger partial charge in [0.1, 0.15) is 17.9 Å². The van der Waals surface area contributed by atoms with E-state index < -0.39 is 0 Å². The highest BCUT2D eigenvalue weighted by atomic mass is 16.4. The summed E-state index contributed by atoms with van der Waals surface area (Å²) in [6.45, 7) is 9.74. The van der Waals surface area contributed by atoms with E-state index in [1.54, 1.807) is 6.34 Å². The topological polar surface area (TPSA) is 73.4 Å². The van der Waals surface area contributed by atoms with Crippen LogP contribution in [-0.4, -0.2) is 67.1 Å². The lowest BCUT2D eigenvalue weighted by Crippen LogP contribution is -2.36. The fourth-order valence-corrected chi connectivity index (χ4v) is 3.90. The molecule has 1 saturated heterocycles. The van der Waals surface area contributed by atoms with Crippen molar-refractivity contribution in [3.05, 3.63) is 16.9 Å². The van der Waals surface area contributed by atoms with Gasteiger partial charge in [0.15, 0.2) is 0 Å². The molecule has 3 aliphatic rings. The third-order valence-corrected chi connectivity index (χ3v) is 5.52. The van der Waals surface area contributed by atoms with Crippen LogP contribution in [-0.2, 0) is 0 Å². The Morgan fingerprint density at radius 2 is 2.15 bits per heavy atom. The summed E-state index contributed by atoms with van der Waals surface area (Å²) in [6, 6.07) is 0. The molecule has 0 aromatic carbocycles. The van der Waals surface area contributed by atoms with Crippen LogP contribution in [0.25, 0.3) is 0 Å². The number of nitrogens with one attached hydrogen (secondary N) is 1. The van der Waals surface area contributed by atoms with Crippen LogP contribution < -0.4 is 5.32 Å². The molecule has 0 atom stereocenters. The molecule has 0 radical (unpaired) electrons. The average Bonchev–Trinajstić information content (AvgIpc) is 3.23. The molecule has 1 fully saturated rings. The molecule has 7 nitrogen and oxygen atoms in total. The molecule has 1 amide bonds. The quantitative estimate of drug-likeness (QED) is 0.820. The Balaban J connectivity index is 1.36. The van der Waals surface area contributed by atoms with Gasteiger partial charge in [-0.3, -0.25) is 9.79 Å². The van der Waals surface area contributed by atoms with Crippen LogP contribution >= 0.6 is 0 Å². The van der Waals surface area contributed by atoms with Crippen LogP contribution in [0, 0.1) is 12.8 Å². The van der Waals surface area contributed by atoms with Crippen molar-refractivity contribution in [2.45, 2.75) is 33.1 Å². The second kappa shape index (κ2) is 7.23. The maximum atomic E-state index is 12.8. The fourth-order valence-electron chi connectivity index (χ4n) is 3.90. The van der Waals surface area contributed by atoms with Crippen LogP contribution in [0.2, 0.25) is 0 Å². The zero-order chi connectivity index (χ0) is 18.1. The van der Waals surface area contributed by atoms with Gasteiger partial charge in [-0.05, 0) is 51.7 Å². The summed E-state index contributed by atoms with van der Waals surface area (Å²) < 4.78 is 5.70. The van der Waals surface area contributed by atoms with E-state index in [1.165, 1.54) is 25.9 Å². The zero-order valence-electron chi connectivity index (χ0n) is 15.6. The van der Waals surface area contributed by atoms with Gasteiger partial charge in [0.25, 0.3) is 5.91 Å². The Kier molecular flexibility index (Phi) is 4.80. The van der Waals surface area contributed by atoms with Gasteiger partial charge in [0.05, 0.1) is 17.7 Å². The minimum absolute atomic E-state index is 0.0913. The maximum absolute atomic E-state index is 12.8. The number of hydrogen-bond acceptors (Lipinski definition) is 6. The van der Waals surface area contributed by atoms with E-state index in [9.17, 15) is 4.79 Å². The van der Waals surface area contributed by atoms with Crippen molar-refractivity contribution < 1.29 is 9.21 Å². The lowest BCUT2D eigenvalue weighted by atomic mass is 9.99. The van der Waals surface area contributed by atoms with Gasteiger partial charge in [0, 0.05) is 13.1 Å². The van der Waals surface area contributed by atoms with Gasteiger partial charge in [0.2, 0.25) is 5.88 Å². The van der Waals surface area contributed by atoms with Crippen molar-refractivity contribution in [3.63, 3.8) is 0 Å². The lowest BCUT2D eigenvalue weighted by molar-refractivity contribution is 0.0949. The van der Waals surface area contributed by atoms with Gasteiger partial charge in [-0.2, -0.15) is 0 Å². The van der Waals surface area contributed by atoms with Gasteiger partial charge in [-0.25, -0.2) is 4.99 Å². The number of carbonyl (C=O) groups excluding carboxylic acids is 1. The Labute approximate surface area is 154 Å². The first-order valence-corrected chi connectivity index (χ1v) is 9.63. The highest BCUT2D eigenvalue weighted by Gasteiger charge is 2.33. The van der Waals surface area contributed by atoms with Crippen molar-refractivity contribution in [2.75, 3.05) is 39.3 Å². The number of rotatable bonds is 5. The first-order valence-electron chi connectivity index (χ1n) is 9.63. The molecule has 0 saturated carbocycles. The summed E-state index contributed by atoms with van der Waals surface area (Å²) >= 11 is 0. The molecule has 0 aliphatic carbocycles. The summed E-state index contributed by atoms with van der Waals surface area (Å²) in [5.74, 6) is 2.66. The maximum Gasteiger partial charge on any atom is 0.255 e. The average molecular weight is 357 g/mol. The normalized spacial score (nSPS) is 20.1. The van der Waals surface area contributed by atoms with E-state index in [2.05, 4.69) is 27.1 Å². The van der Waals surface area contributed by atoms with E-state index in [1.807, 2.05) is 11.8 Å². The smallest absolute Gasteiger partial charge is 0.255 e. The minimum Gasteiger partial charge on any atom is -0.442 e. The summed E-state index contributed by atoms with van der Waals surface area (Å²) in [7, 11) is 0. The number of aryl methyl sites for hydroxylation is 1. The predicted octanol–water partition coefficient (Wildman–Crippen LogP) is 2.18. The van der Waals surface area contributed by atoms with E-state index in [-0.39, 0.29) is 5.91 Å². The number of likely N-dealkylation sites (tertiary alicyclic amines) is 1. The molecule has 0 bridgehead atoms. The van der Waals surface area contributed by atoms with E-state index in [4.69, 9.17) is 4.42 Å². The van der Waals surface area contributed by atoms with E-state index in [0.29, 0.717) is 23.8 Å². The second-order valence-corrected chi connectivity index (χ2v) is 7.49. The highest BCUT2D eigenvalue weighted by molar-refractivity contribution is 6.17. The molecule has 140 valence electrons. The Morgan fingerprint density at radius 3 is 2.96 bits per heavy atom. The minimum atomic E-state index is -0.0913. The number of hydrogen-bond donors (Lipinski definition) is 1. The molecule has 7 heteroatoms. The number of amides is 1. The van der Waals surface area contributed by atoms with Crippen molar-refractivity contribution >= 4 is 24.0 Å². The molecule has 0 unspecified atom stereocenters. The number of furan rings is 1. The molecule has 0 spiro atoms. The number of carbonyl (C=O) groups is 1. The molecule has 1 N–H and O–H groups in total. The third kappa shape index (κ3) is 3.28. The molecule has 1 aromatic heterocycles. The number of piperidine rings is 1. The lowest BCUT2D eigenvalue weighted by Gasteiger charge is -2.30. The first kappa shape index (κ1) is 17.3. The molecular formula is C19H27N5O2. The number of nitrogens with zero attached hydrogens (tertiary/aromatic N) is 4. The van der Waals surface area contributed by atoms with Gasteiger partial charge in [-0.1, -0.05) is 6.92 Å². The summed E-state index contributed by atoms with van der Waals surface area (Å²) in [5, 5.41) is 3.05. The molecule has 4 rings (SSSR count). The molecule has 3 aliphatic heterocycles. The van der Waals surface area contributed by atoms with Crippen molar-refractivity contribution in [2.24, 2.45) is 15.9 Å². The SMILES string of the molecule is Cc1oc2c(c1C(=O)NCCCN1CCC(C)CC1)C1=NCCN1C=N2. The van der Waals surface area contributed by atoms with Gasteiger partial charge < -0.3 is 19.5 Å². The van der Waals surface area contributed by atoms with Crippen LogP contribution in [0.4, 0.5) is 5.88 Å². The Morgan fingerprint density at radius 1 is 1.35 bits per heavy atom. The Bertz CT molecular complexity index is 743. The van der Waals surface area contributed by atoms with Crippen LogP contribution in [0.3, 0.4) is 0 Å². The number of fused-ring (bicyclic) bond motifs is 3. The summed E-state index contributed by atoms with van der Waals surface area (Å²) in [4.78, 5) is 26.1. The van der Waals surface area contributed by atoms with Crippen LogP contribution in [0.15, 0.2) is 14.4 Å². The fraction of sp³-hybridized carbons (Fsp3) is 0.632. The Hall–Kier alpha value is -2.15. The largest absolute Gasteiger partial charge is 0.442 e. The summed E-state index contributed by atoms with van der Waals surface area (Å²) in [5.41, 5.74) is 1.32. The van der Waals surface area contributed by atoms with Crippen molar-refractivity contribution in [1.29, 1.82) is 0 Å². The molecular weight excluding hydrogens is 330 g/mol. The standard InChI is InChI=1S/C19H27N5O2/c1-13-4-9-23(10-5-13)8-3-6-21-18(25)15-14(2)26-19-16(15)17-20-7-11-24(17)12-22-19/h12-13H,3-11H2,1-2H3,(H,21,25). The second-order valence-electron chi connectivity index (χ2n) is 7.49. The molecule has 1 aromatic rings. The van der Waals surface area contributed by atoms with Gasteiger partial charge in [-0.15, -0.1) is 0 Å². The van der Waals surface area contributed by atoms with Crippen LogP contribution in [0.1, 0.15) is 47.9 Å². The van der Waals surface area contributed by atoms with E-state index >= 15 is 0 Å². The molecule has 26 heavy (non-hydrogen) atoms. The van der Waals surface area contributed by atoms with Crippen molar-refractivity contribution in [3.8, 4) is 0 Å². The highest BCUT2D eigenvalue weighted by Crippen LogP contribution is 2.34. The number of aliphatic imine (C=N–C) groups is 2. The third-order valence-electron chi connectivity index (χ3n) is 5.52. The summed E-state index contributed by atoms with van der Waals surface area (Å²) in [6.07, 6.45) is 5.26. The monoisotopic (exact) mass is 357 g/mol. The van der Waals surface area contributed by atoms with Crippen LogP contribution in [0.5, 0.6) is 0 Å².